The molecule has 3 rings (SSSR count). The zero-order valence-corrected chi connectivity index (χ0v) is 12.6. The predicted octanol–water partition coefficient (Wildman–Crippen LogP) is 2.18. The van der Waals surface area contributed by atoms with Gasteiger partial charge in [0.25, 0.3) is 5.56 Å². The number of halogens is 3. The van der Waals surface area contributed by atoms with Gasteiger partial charge < -0.3 is 4.74 Å². The van der Waals surface area contributed by atoms with Crippen molar-refractivity contribution in [3.8, 4) is 6.01 Å². The number of hydrogen-bond acceptors (Lipinski definition) is 4. The molecule has 0 aromatic carbocycles. The van der Waals surface area contributed by atoms with Crippen molar-refractivity contribution in [3.05, 3.63) is 22.9 Å². The molecule has 126 valence electrons. The number of hydrogen-bond donors (Lipinski definition) is 0. The summed E-state index contributed by atoms with van der Waals surface area (Å²) in [5, 5.41) is 4.15. The highest BCUT2D eigenvalue weighted by molar-refractivity contribution is 5.40. The number of fused-ring (bicyclic) bond motifs is 1. The molecule has 0 bridgehead atoms. The second-order valence-electron chi connectivity index (χ2n) is 5.94. The van der Waals surface area contributed by atoms with Crippen LogP contribution in [0.1, 0.15) is 25.7 Å². The molecule has 23 heavy (non-hydrogen) atoms. The molecular formula is C14H17F3N4O2. The maximum absolute atomic E-state index is 12.6. The van der Waals surface area contributed by atoms with Crippen LogP contribution in [0.3, 0.4) is 0 Å². The summed E-state index contributed by atoms with van der Waals surface area (Å²) in [4.78, 5) is 15.9. The lowest BCUT2D eigenvalue weighted by atomic mass is 9.82. The average Bonchev–Trinajstić information content (AvgIpc) is 2.97. The number of rotatable bonds is 3. The molecule has 0 aliphatic heterocycles. The third-order valence-corrected chi connectivity index (χ3v) is 4.38. The van der Waals surface area contributed by atoms with E-state index in [1.54, 1.807) is 0 Å². The van der Waals surface area contributed by atoms with E-state index >= 15 is 0 Å². The molecule has 0 spiro atoms. The molecule has 0 atom stereocenters. The Morgan fingerprint density at radius 2 is 2.00 bits per heavy atom. The van der Waals surface area contributed by atoms with Gasteiger partial charge >= 0.3 is 12.2 Å². The average molecular weight is 330 g/mol. The standard InChI is InChI=1S/C14H17F3N4O2/c1-20-12(22)11-6-18-8-21(11)19-13(20)23-7-9-2-4-10(5-3-9)14(15,16)17/h6,8-10H,2-5,7H2,1H3/t9-,10-. The van der Waals surface area contributed by atoms with Gasteiger partial charge in [0, 0.05) is 7.05 Å². The summed E-state index contributed by atoms with van der Waals surface area (Å²) in [7, 11) is 1.54. The molecule has 1 fully saturated rings. The molecule has 1 aliphatic carbocycles. The van der Waals surface area contributed by atoms with Crippen molar-refractivity contribution >= 4 is 5.52 Å². The minimum atomic E-state index is -4.11. The first-order valence-electron chi connectivity index (χ1n) is 7.45. The van der Waals surface area contributed by atoms with Gasteiger partial charge in [-0.1, -0.05) is 0 Å². The third-order valence-electron chi connectivity index (χ3n) is 4.38. The van der Waals surface area contributed by atoms with Gasteiger partial charge in [-0.3, -0.25) is 9.36 Å². The van der Waals surface area contributed by atoms with Crippen molar-refractivity contribution in [1.29, 1.82) is 0 Å². The fourth-order valence-corrected chi connectivity index (χ4v) is 2.91. The van der Waals surface area contributed by atoms with Crippen LogP contribution in [0.4, 0.5) is 13.2 Å². The molecule has 2 aromatic rings. The van der Waals surface area contributed by atoms with Gasteiger partial charge in [0.1, 0.15) is 6.33 Å². The molecule has 9 heteroatoms. The van der Waals surface area contributed by atoms with Gasteiger partial charge in [-0.25, -0.2) is 9.50 Å². The number of nitrogens with zero attached hydrogens (tertiary/aromatic N) is 4. The first-order chi connectivity index (χ1) is 10.9. The Balaban J connectivity index is 1.64. The van der Waals surface area contributed by atoms with Gasteiger partial charge in [-0.2, -0.15) is 13.2 Å². The van der Waals surface area contributed by atoms with Gasteiger partial charge in [0.05, 0.1) is 18.7 Å². The first-order valence-corrected chi connectivity index (χ1v) is 7.45. The Kier molecular flexibility index (Phi) is 4.03. The lowest BCUT2D eigenvalue weighted by Crippen LogP contribution is -2.30. The number of aromatic nitrogens is 4. The van der Waals surface area contributed by atoms with Crippen LogP contribution in [0, 0.1) is 11.8 Å². The minimum Gasteiger partial charge on any atom is -0.463 e. The van der Waals surface area contributed by atoms with Crippen LogP contribution in [-0.4, -0.2) is 31.9 Å². The fraction of sp³-hybridized carbons (Fsp3) is 0.643. The van der Waals surface area contributed by atoms with Crippen LogP contribution < -0.4 is 10.3 Å². The van der Waals surface area contributed by atoms with Crippen molar-refractivity contribution in [1.82, 2.24) is 19.2 Å². The molecule has 0 saturated heterocycles. The highest BCUT2D eigenvalue weighted by atomic mass is 19.4. The molecule has 1 saturated carbocycles. The molecule has 1 aliphatic rings. The lowest BCUT2D eigenvalue weighted by molar-refractivity contribution is -0.184. The summed E-state index contributed by atoms with van der Waals surface area (Å²) in [5.41, 5.74) is 0.0545. The van der Waals surface area contributed by atoms with Crippen LogP contribution in [0.25, 0.3) is 5.52 Å². The van der Waals surface area contributed by atoms with E-state index in [2.05, 4.69) is 10.1 Å². The molecule has 0 amide bonds. The minimum absolute atomic E-state index is 0.0454. The third kappa shape index (κ3) is 3.18. The molecule has 6 nitrogen and oxygen atoms in total. The van der Waals surface area contributed by atoms with E-state index in [4.69, 9.17) is 4.74 Å². The molecule has 2 aromatic heterocycles. The van der Waals surface area contributed by atoms with E-state index in [0.29, 0.717) is 18.4 Å². The summed E-state index contributed by atoms with van der Waals surface area (Å²) in [5.74, 6) is -1.16. The number of alkyl halides is 3. The number of imidazole rings is 1. The van der Waals surface area contributed by atoms with Crippen molar-refractivity contribution in [2.75, 3.05) is 6.61 Å². The Morgan fingerprint density at radius 3 is 2.65 bits per heavy atom. The first kappa shape index (κ1) is 15.8. The lowest BCUT2D eigenvalue weighted by Gasteiger charge is -2.29. The van der Waals surface area contributed by atoms with E-state index in [1.165, 1.54) is 28.7 Å². The van der Waals surface area contributed by atoms with Crippen molar-refractivity contribution < 1.29 is 17.9 Å². The van der Waals surface area contributed by atoms with Gasteiger partial charge in [0.2, 0.25) is 0 Å². The zero-order valence-electron chi connectivity index (χ0n) is 12.6. The molecule has 2 heterocycles. The van der Waals surface area contributed by atoms with E-state index in [1.807, 2.05) is 0 Å². The predicted molar refractivity (Wildman–Crippen MR) is 75.2 cm³/mol. The molecule has 0 radical (unpaired) electrons. The second-order valence-corrected chi connectivity index (χ2v) is 5.94. The Morgan fingerprint density at radius 1 is 1.30 bits per heavy atom. The van der Waals surface area contributed by atoms with Gasteiger partial charge in [-0.05, 0) is 31.6 Å². The highest BCUT2D eigenvalue weighted by Crippen LogP contribution is 2.39. The van der Waals surface area contributed by atoms with Crippen molar-refractivity contribution in [3.63, 3.8) is 0 Å². The molecular weight excluding hydrogens is 313 g/mol. The van der Waals surface area contributed by atoms with Crippen molar-refractivity contribution in [2.24, 2.45) is 18.9 Å². The summed E-state index contributed by atoms with van der Waals surface area (Å²) in [6.45, 7) is 0.255. The highest BCUT2D eigenvalue weighted by Gasteiger charge is 2.41. The second kappa shape index (κ2) is 5.86. The zero-order chi connectivity index (χ0) is 16.6. The van der Waals surface area contributed by atoms with Crippen LogP contribution in [0.2, 0.25) is 0 Å². The fourth-order valence-electron chi connectivity index (χ4n) is 2.91. The summed E-state index contributed by atoms with van der Waals surface area (Å²) >= 11 is 0. The van der Waals surface area contributed by atoms with E-state index in [9.17, 15) is 18.0 Å². The van der Waals surface area contributed by atoms with Crippen LogP contribution >= 0.6 is 0 Å². The van der Waals surface area contributed by atoms with E-state index in [0.717, 1.165) is 0 Å². The normalized spacial score (nSPS) is 22.4. The maximum atomic E-state index is 12.6. The quantitative estimate of drug-likeness (QED) is 0.865. The van der Waals surface area contributed by atoms with E-state index in [-0.39, 0.29) is 36.9 Å². The molecule has 0 unspecified atom stereocenters. The Bertz CT molecular complexity index is 745. The van der Waals surface area contributed by atoms with Crippen molar-refractivity contribution in [2.45, 2.75) is 31.9 Å². The summed E-state index contributed by atoms with van der Waals surface area (Å²) in [6, 6.07) is 0.137. The monoisotopic (exact) mass is 330 g/mol. The van der Waals surface area contributed by atoms with E-state index < -0.39 is 12.1 Å². The SMILES string of the molecule is Cn1c(OC[C@H]2CC[C@H](C(F)(F)F)CC2)nn2cncc2c1=O. The molecule has 0 N–H and O–H groups in total. The number of ether oxygens (including phenoxy) is 1. The summed E-state index contributed by atoms with van der Waals surface area (Å²) < 4.78 is 46.1. The van der Waals surface area contributed by atoms with Crippen LogP contribution in [0.15, 0.2) is 17.3 Å². The van der Waals surface area contributed by atoms with Crippen LogP contribution in [0.5, 0.6) is 6.01 Å². The maximum Gasteiger partial charge on any atom is 0.391 e. The Hall–Kier alpha value is -2.06. The Labute approximate surface area is 129 Å². The smallest absolute Gasteiger partial charge is 0.391 e. The largest absolute Gasteiger partial charge is 0.463 e. The summed E-state index contributed by atoms with van der Waals surface area (Å²) in [6.07, 6.45) is -0.106. The van der Waals surface area contributed by atoms with Crippen LogP contribution in [-0.2, 0) is 7.05 Å². The topological polar surface area (TPSA) is 61.4 Å². The van der Waals surface area contributed by atoms with Gasteiger partial charge in [0.15, 0.2) is 5.52 Å². The van der Waals surface area contributed by atoms with Gasteiger partial charge in [-0.15, -0.1) is 5.10 Å².